The van der Waals surface area contributed by atoms with Crippen LogP contribution in [-0.4, -0.2) is 31.0 Å². The average molecular weight is 196 g/mol. The fraction of sp³-hybridized carbons (Fsp3) is 0.909. The number of rotatable bonds is 1. The number of hydrogen-bond donors (Lipinski definition) is 2. The predicted octanol–water partition coefficient (Wildman–Crippen LogP) is 0.696. The van der Waals surface area contributed by atoms with Crippen molar-refractivity contribution in [2.75, 3.05) is 13.1 Å². The van der Waals surface area contributed by atoms with Crippen molar-refractivity contribution in [3.63, 3.8) is 0 Å². The zero-order valence-electron chi connectivity index (χ0n) is 8.88. The number of ketones is 1. The molecule has 2 aliphatic rings. The van der Waals surface area contributed by atoms with E-state index >= 15 is 0 Å². The molecule has 14 heavy (non-hydrogen) atoms. The molecule has 2 aliphatic heterocycles. The van der Waals surface area contributed by atoms with Gasteiger partial charge in [0.05, 0.1) is 6.04 Å². The van der Waals surface area contributed by atoms with Crippen molar-refractivity contribution in [1.29, 1.82) is 0 Å². The van der Waals surface area contributed by atoms with Crippen LogP contribution in [0.1, 0.15) is 32.6 Å². The van der Waals surface area contributed by atoms with Gasteiger partial charge in [0.2, 0.25) is 0 Å². The van der Waals surface area contributed by atoms with Gasteiger partial charge in [0.25, 0.3) is 0 Å². The maximum Gasteiger partial charge on any atom is 0.150 e. The van der Waals surface area contributed by atoms with E-state index in [0.717, 1.165) is 38.8 Å². The van der Waals surface area contributed by atoms with Gasteiger partial charge in [-0.15, -0.1) is 0 Å². The van der Waals surface area contributed by atoms with E-state index in [2.05, 4.69) is 17.6 Å². The predicted molar refractivity (Wildman–Crippen MR) is 56.2 cm³/mol. The maximum absolute atomic E-state index is 11.7. The summed E-state index contributed by atoms with van der Waals surface area (Å²) < 4.78 is 0. The summed E-state index contributed by atoms with van der Waals surface area (Å²) >= 11 is 0. The lowest BCUT2D eigenvalue weighted by atomic mass is 9.82. The summed E-state index contributed by atoms with van der Waals surface area (Å²) in [5.74, 6) is 1.01. The molecule has 2 rings (SSSR count). The Morgan fingerprint density at radius 2 is 2.14 bits per heavy atom. The lowest BCUT2D eigenvalue weighted by Crippen LogP contribution is -2.51. The molecule has 3 nitrogen and oxygen atoms in total. The third-order valence-electron chi connectivity index (χ3n) is 3.45. The molecule has 0 saturated carbocycles. The molecule has 0 aromatic heterocycles. The number of nitrogens with one attached hydrogen (secondary N) is 2. The van der Waals surface area contributed by atoms with Gasteiger partial charge in [0.1, 0.15) is 5.78 Å². The zero-order valence-corrected chi connectivity index (χ0v) is 8.88. The molecule has 0 radical (unpaired) electrons. The molecule has 3 heteroatoms. The smallest absolute Gasteiger partial charge is 0.150 e. The molecule has 2 heterocycles. The zero-order chi connectivity index (χ0) is 9.97. The molecule has 0 aromatic carbocycles. The van der Waals surface area contributed by atoms with E-state index in [4.69, 9.17) is 0 Å². The van der Waals surface area contributed by atoms with Crippen LogP contribution in [0.4, 0.5) is 0 Å². The standard InChI is InChI=1S/C11H20N2O/c1-8-7-9(4-6-12-8)11-10(14)3-2-5-13-11/h8-9,11-13H,2-7H2,1H3. The van der Waals surface area contributed by atoms with E-state index < -0.39 is 0 Å². The summed E-state index contributed by atoms with van der Waals surface area (Å²) in [6, 6.07) is 0.735. The Morgan fingerprint density at radius 3 is 2.86 bits per heavy atom. The first-order chi connectivity index (χ1) is 6.77. The van der Waals surface area contributed by atoms with Gasteiger partial charge in [-0.1, -0.05) is 0 Å². The average Bonchev–Trinajstić information content (AvgIpc) is 2.18. The first-order valence-corrected chi connectivity index (χ1v) is 5.77. The second-order valence-corrected chi connectivity index (χ2v) is 4.64. The van der Waals surface area contributed by atoms with E-state index in [9.17, 15) is 4.79 Å². The summed E-state index contributed by atoms with van der Waals surface area (Å²) in [5.41, 5.74) is 0. The molecule has 0 aromatic rings. The van der Waals surface area contributed by atoms with Crippen LogP contribution in [0.15, 0.2) is 0 Å². The van der Waals surface area contributed by atoms with Gasteiger partial charge in [-0.2, -0.15) is 0 Å². The third kappa shape index (κ3) is 2.15. The van der Waals surface area contributed by atoms with Gasteiger partial charge in [-0.25, -0.2) is 0 Å². The molecule has 0 spiro atoms. The Hall–Kier alpha value is -0.410. The highest BCUT2D eigenvalue weighted by molar-refractivity contribution is 5.85. The van der Waals surface area contributed by atoms with Gasteiger partial charge < -0.3 is 10.6 Å². The molecular weight excluding hydrogens is 176 g/mol. The van der Waals surface area contributed by atoms with Crippen LogP contribution in [0.5, 0.6) is 0 Å². The normalized spacial score (nSPS) is 39.8. The second-order valence-electron chi connectivity index (χ2n) is 4.64. The van der Waals surface area contributed by atoms with Crippen molar-refractivity contribution in [3.05, 3.63) is 0 Å². The highest BCUT2D eigenvalue weighted by Crippen LogP contribution is 2.23. The van der Waals surface area contributed by atoms with Gasteiger partial charge in [0.15, 0.2) is 0 Å². The largest absolute Gasteiger partial charge is 0.314 e. The number of carbonyl (C=O) groups is 1. The topological polar surface area (TPSA) is 41.1 Å². The van der Waals surface area contributed by atoms with Gasteiger partial charge in [0, 0.05) is 12.5 Å². The molecule has 3 atom stereocenters. The van der Waals surface area contributed by atoms with Crippen molar-refractivity contribution in [2.45, 2.75) is 44.7 Å². The van der Waals surface area contributed by atoms with Crippen molar-refractivity contribution < 1.29 is 4.79 Å². The molecule has 0 bridgehead atoms. The maximum atomic E-state index is 11.7. The Balaban J connectivity index is 1.94. The first kappa shape index (κ1) is 10.1. The van der Waals surface area contributed by atoms with Gasteiger partial charge in [-0.05, 0) is 45.2 Å². The Labute approximate surface area is 85.6 Å². The van der Waals surface area contributed by atoms with Crippen LogP contribution < -0.4 is 10.6 Å². The Bertz CT molecular complexity index is 217. The molecule has 0 aliphatic carbocycles. The van der Waals surface area contributed by atoms with Gasteiger partial charge in [-0.3, -0.25) is 4.79 Å². The highest BCUT2D eigenvalue weighted by atomic mass is 16.1. The van der Waals surface area contributed by atoms with E-state index in [1.807, 2.05) is 0 Å². The van der Waals surface area contributed by atoms with Crippen molar-refractivity contribution in [2.24, 2.45) is 5.92 Å². The van der Waals surface area contributed by atoms with Crippen molar-refractivity contribution >= 4 is 5.78 Å². The van der Waals surface area contributed by atoms with Crippen LogP contribution in [0.3, 0.4) is 0 Å². The minimum Gasteiger partial charge on any atom is -0.314 e. The summed E-state index contributed by atoms with van der Waals surface area (Å²) in [7, 11) is 0. The van der Waals surface area contributed by atoms with Crippen LogP contribution in [0.25, 0.3) is 0 Å². The molecule has 3 unspecified atom stereocenters. The monoisotopic (exact) mass is 196 g/mol. The lowest BCUT2D eigenvalue weighted by Gasteiger charge is -2.35. The second kappa shape index (κ2) is 4.41. The van der Waals surface area contributed by atoms with Gasteiger partial charge >= 0.3 is 0 Å². The minimum absolute atomic E-state index is 0.160. The molecule has 2 N–H and O–H groups in total. The number of Topliss-reactive ketones (excluding diaryl/α,β-unsaturated/α-hetero) is 1. The number of hydrogen-bond acceptors (Lipinski definition) is 3. The van der Waals surface area contributed by atoms with E-state index in [1.54, 1.807) is 0 Å². The SMILES string of the molecule is CC1CC(C2NCCCC2=O)CCN1. The Morgan fingerprint density at radius 1 is 1.29 bits per heavy atom. The summed E-state index contributed by atoms with van der Waals surface area (Å²) in [5, 5.41) is 6.81. The first-order valence-electron chi connectivity index (χ1n) is 5.77. The summed E-state index contributed by atoms with van der Waals surface area (Å²) in [6.45, 7) is 4.30. The van der Waals surface area contributed by atoms with Crippen LogP contribution >= 0.6 is 0 Å². The van der Waals surface area contributed by atoms with Crippen molar-refractivity contribution in [1.82, 2.24) is 10.6 Å². The fourth-order valence-electron chi connectivity index (χ4n) is 2.69. The highest BCUT2D eigenvalue weighted by Gasteiger charge is 2.32. The summed E-state index contributed by atoms with van der Waals surface area (Å²) in [6.07, 6.45) is 4.10. The van der Waals surface area contributed by atoms with E-state index in [1.165, 1.54) is 0 Å². The molecule has 2 saturated heterocycles. The van der Waals surface area contributed by atoms with Crippen LogP contribution in [-0.2, 0) is 4.79 Å². The van der Waals surface area contributed by atoms with E-state index in [0.29, 0.717) is 17.7 Å². The Kier molecular flexibility index (Phi) is 3.19. The summed E-state index contributed by atoms with van der Waals surface area (Å²) in [4.78, 5) is 11.7. The molecule has 0 amide bonds. The quantitative estimate of drug-likeness (QED) is 0.648. The third-order valence-corrected chi connectivity index (χ3v) is 3.45. The minimum atomic E-state index is 0.160. The lowest BCUT2D eigenvalue weighted by molar-refractivity contribution is -0.124. The molecule has 80 valence electrons. The number of carbonyl (C=O) groups excluding carboxylic acids is 1. The number of piperidine rings is 2. The van der Waals surface area contributed by atoms with E-state index in [-0.39, 0.29) is 6.04 Å². The molecular formula is C11H20N2O. The van der Waals surface area contributed by atoms with Crippen LogP contribution in [0.2, 0.25) is 0 Å². The van der Waals surface area contributed by atoms with Crippen LogP contribution in [0, 0.1) is 5.92 Å². The van der Waals surface area contributed by atoms with Crippen molar-refractivity contribution in [3.8, 4) is 0 Å². The fourth-order valence-corrected chi connectivity index (χ4v) is 2.69. The molecule has 2 fully saturated rings.